The van der Waals surface area contributed by atoms with Crippen molar-refractivity contribution in [3.63, 3.8) is 0 Å². The number of amides is 2. The Balaban J connectivity index is 1.53. The average molecular weight is 531 g/mol. The Kier molecular flexibility index (Phi) is 6.71. The van der Waals surface area contributed by atoms with Crippen molar-refractivity contribution in [2.45, 2.75) is 52.7 Å². The second kappa shape index (κ2) is 10.0. The molecule has 3 heterocycles. The summed E-state index contributed by atoms with van der Waals surface area (Å²) in [5.41, 5.74) is 3.59. The van der Waals surface area contributed by atoms with Gasteiger partial charge in [-0.1, -0.05) is 0 Å². The molecule has 0 saturated carbocycles. The van der Waals surface area contributed by atoms with Crippen LogP contribution in [0.2, 0.25) is 0 Å². The Morgan fingerprint density at radius 1 is 1.15 bits per heavy atom. The van der Waals surface area contributed by atoms with E-state index in [9.17, 15) is 18.8 Å². The predicted octanol–water partition coefficient (Wildman–Crippen LogP) is 3.93. The standard InChI is InChI=1S/C29H31FN6O3/c1-15(2)32-29-34-25-14-35(28(39)24-13-21-16(3)10-19(30)12-23(21)33-24)17(4)11-22(25)27(38)36(29)20-8-6-18(7-9-20)26(37)31-5/h6-10,12-13,15,17,33H,11,14H2,1-5H3,(H,31,37)(H,32,34)/t17-/m1/s1. The number of halogens is 1. The molecule has 0 radical (unpaired) electrons. The van der Waals surface area contributed by atoms with Gasteiger partial charge >= 0.3 is 0 Å². The molecule has 5 rings (SSSR count). The van der Waals surface area contributed by atoms with Gasteiger partial charge in [-0.2, -0.15) is 0 Å². The van der Waals surface area contributed by atoms with Gasteiger partial charge in [0.15, 0.2) is 0 Å². The van der Waals surface area contributed by atoms with E-state index in [2.05, 4.69) is 15.6 Å². The second-order valence-corrected chi connectivity index (χ2v) is 10.3. The van der Waals surface area contributed by atoms with Crippen molar-refractivity contribution in [3.05, 3.63) is 86.7 Å². The van der Waals surface area contributed by atoms with E-state index in [1.54, 1.807) is 49.2 Å². The van der Waals surface area contributed by atoms with Crippen LogP contribution in [0.25, 0.3) is 16.6 Å². The molecule has 10 heteroatoms. The van der Waals surface area contributed by atoms with Gasteiger partial charge in [-0.3, -0.25) is 14.4 Å². The highest BCUT2D eigenvalue weighted by Crippen LogP contribution is 2.27. The van der Waals surface area contributed by atoms with E-state index < -0.39 is 0 Å². The molecule has 1 aliphatic heterocycles. The molecule has 1 aliphatic rings. The van der Waals surface area contributed by atoms with Crippen molar-refractivity contribution in [3.8, 4) is 5.69 Å². The normalized spacial score (nSPS) is 14.9. The highest BCUT2D eigenvalue weighted by Gasteiger charge is 2.32. The number of carbonyl (C=O) groups excluding carboxylic acids is 2. The Morgan fingerprint density at radius 2 is 1.87 bits per heavy atom. The third kappa shape index (κ3) is 4.78. The van der Waals surface area contributed by atoms with Crippen LogP contribution in [0.1, 0.15) is 58.4 Å². The summed E-state index contributed by atoms with van der Waals surface area (Å²) in [6.07, 6.45) is 0.332. The minimum atomic E-state index is -0.366. The van der Waals surface area contributed by atoms with Crippen LogP contribution in [0.4, 0.5) is 10.3 Å². The first-order valence-electron chi connectivity index (χ1n) is 12.9. The highest BCUT2D eigenvalue weighted by atomic mass is 19.1. The maximum absolute atomic E-state index is 13.9. The van der Waals surface area contributed by atoms with Gasteiger partial charge < -0.3 is 20.5 Å². The van der Waals surface area contributed by atoms with Gasteiger partial charge in [0.1, 0.15) is 11.5 Å². The molecule has 2 aromatic heterocycles. The van der Waals surface area contributed by atoms with Gasteiger partial charge in [-0.25, -0.2) is 13.9 Å². The summed E-state index contributed by atoms with van der Waals surface area (Å²) in [7, 11) is 1.56. The van der Waals surface area contributed by atoms with Gasteiger partial charge in [0.05, 0.1) is 17.9 Å². The summed E-state index contributed by atoms with van der Waals surface area (Å²) in [5, 5.41) is 6.63. The van der Waals surface area contributed by atoms with Crippen LogP contribution in [0.3, 0.4) is 0 Å². The topological polar surface area (TPSA) is 112 Å². The lowest BCUT2D eigenvalue weighted by Gasteiger charge is -2.34. The molecule has 2 amide bonds. The number of benzene rings is 2. The predicted molar refractivity (Wildman–Crippen MR) is 148 cm³/mol. The minimum absolute atomic E-state index is 0.0124. The Hall–Kier alpha value is -4.47. The molecule has 4 aromatic rings. The molecule has 0 aliphatic carbocycles. The third-order valence-electron chi connectivity index (χ3n) is 7.05. The summed E-state index contributed by atoms with van der Waals surface area (Å²) < 4.78 is 15.4. The smallest absolute Gasteiger partial charge is 0.270 e. The molecule has 2 aromatic carbocycles. The zero-order valence-electron chi connectivity index (χ0n) is 22.6. The second-order valence-electron chi connectivity index (χ2n) is 10.3. The molecule has 0 saturated heterocycles. The molecular weight excluding hydrogens is 499 g/mol. The number of carbonyl (C=O) groups is 2. The van der Waals surface area contributed by atoms with E-state index >= 15 is 0 Å². The van der Waals surface area contributed by atoms with Gasteiger partial charge in [0.25, 0.3) is 17.4 Å². The van der Waals surface area contributed by atoms with Crippen LogP contribution < -0.4 is 16.2 Å². The molecule has 0 spiro atoms. The molecule has 9 nitrogen and oxygen atoms in total. The summed E-state index contributed by atoms with van der Waals surface area (Å²) in [6, 6.07) is 11.0. The number of hydrogen-bond donors (Lipinski definition) is 3. The number of aromatic nitrogens is 3. The van der Waals surface area contributed by atoms with E-state index in [0.717, 1.165) is 10.9 Å². The average Bonchev–Trinajstić information content (AvgIpc) is 3.32. The number of rotatable bonds is 5. The number of H-pyrrole nitrogens is 1. The van der Waals surface area contributed by atoms with E-state index in [1.807, 2.05) is 20.8 Å². The van der Waals surface area contributed by atoms with Crippen LogP contribution in [0.15, 0.2) is 47.3 Å². The Morgan fingerprint density at radius 3 is 2.54 bits per heavy atom. The Bertz CT molecular complexity index is 1650. The van der Waals surface area contributed by atoms with E-state index in [1.165, 1.54) is 16.7 Å². The number of fused-ring (bicyclic) bond motifs is 2. The molecular formula is C29H31FN6O3. The number of anilines is 1. The summed E-state index contributed by atoms with van der Waals surface area (Å²) in [5.74, 6) is -0.458. The monoisotopic (exact) mass is 530 g/mol. The summed E-state index contributed by atoms with van der Waals surface area (Å²) in [6.45, 7) is 7.76. The lowest BCUT2D eigenvalue weighted by molar-refractivity contribution is 0.0648. The van der Waals surface area contributed by atoms with Crippen LogP contribution in [0, 0.1) is 12.7 Å². The van der Waals surface area contributed by atoms with Crippen LogP contribution >= 0.6 is 0 Å². The van der Waals surface area contributed by atoms with E-state index in [-0.39, 0.29) is 41.8 Å². The SMILES string of the molecule is CNC(=O)c1ccc(-n2c(NC(C)C)nc3c(c2=O)C[C@@H](C)N(C(=O)c2cc4c(C)cc(F)cc4[nH]2)C3)cc1. The highest BCUT2D eigenvalue weighted by molar-refractivity contribution is 5.99. The maximum Gasteiger partial charge on any atom is 0.270 e. The lowest BCUT2D eigenvalue weighted by atomic mass is 9.99. The Labute approximate surface area is 225 Å². The van der Waals surface area contributed by atoms with E-state index in [4.69, 9.17) is 4.98 Å². The van der Waals surface area contributed by atoms with Crippen molar-refractivity contribution >= 4 is 28.7 Å². The van der Waals surface area contributed by atoms with Crippen molar-refractivity contribution in [1.29, 1.82) is 0 Å². The first-order chi connectivity index (χ1) is 18.6. The number of aromatic amines is 1. The van der Waals surface area contributed by atoms with Gasteiger partial charge in [-0.05, 0) is 82.1 Å². The van der Waals surface area contributed by atoms with Crippen molar-refractivity contribution < 1.29 is 14.0 Å². The largest absolute Gasteiger partial charge is 0.355 e. The molecule has 1 atom stereocenters. The van der Waals surface area contributed by atoms with Crippen molar-refractivity contribution in [2.75, 3.05) is 12.4 Å². The van der Waals surface area contributed by atoms with Gasteiger partial charge in [0, 0.05) is 41.2 Å². The first-order valence-corrected chi connectivity index (χ1v) is 12.9. The van der Waals surface area contributed by atoms with Gasteiger partial charge in [0.2, 0.25) is 5.95 Å². The summed E-state index contributed by atoms with van der Waals surface area (Å²) in [4.78, 5) is 48.9. The molecule has 202 valence electrons. The number of hydrogen-bond acceptors (Lipinski definition) is 5. The fraction of sp³-hybridized carbons (Fsp3) is 0.310. The molecule has 0 bridgehead atoms. The summed E-state index contributed by atoms with van der Waals surface area (Å²) >= 11 is 0. The number of nitrogens with zero attached hydrogens (tertiary/aromatic N) is 3. The maximum atomic E-state index is 13.9. The van der Waals surface area contributed by atoms with Gasteiger partial charge in [-0.15, -0.1) is 0 Å². The number of aryl methyl sites for hydroxylation is 1. The van der Waals surface area contributed by atoms with Crippen LogP contribution in [-0.4, -0.2) is 50.4 Å². The molecule has 0 unspecified atom stereocenters. The molecule has 39 heavy (non-hydrogen) atoms. The molecule has 3 N–H and O–H groups in total. The zero-order chi connectivity index (χ0) is 28.0. The molecule has 0 fully saturated rings. The van der Waals surface area contributed by atoms with Crippen LogP contribution in [-0.2, 0) is 13.0 Å². The fourth-order valence-corrected chi connectivity index (χ4v) is 5.08. The van der Waals surface area contributed by atoms with Crippen molar-refractivity contribution in [1.82, 2.24) is 24.8 Å². The third-order valence-corrected chi connectivity index (χ3v) is 7.05. The van der Waals surface area contributed by atoms with E-state index in [0.29, 0.717) is 46.1 Å². The quantitative estimate of drug-likeness (QED) is 0.362. The minimum Gasteiger partial charge on any atom is -0.355 e. The van der Waals surface area contributed by atoms with Crippen LogP contribution in [0.5, 0.6) is 0 Å². The zero-order valence-corrected chi connectivity index (χ0v) is 22.6. The number of nitrogens with one attached hydrogen (secondary N) is 3. The first kappa shape index (κ1) is 26.1. The fourth-order valence-electron chi connectivity index (χ4n) is 5.08. The lowest BCUT2D eigenvalue weighted by Crippen LogP contribution is -2.46. The van der Waals surface area contributed by atoms with Crippen molar-refractivity contribution in [2.24, 2.45) is 0 Å².